The molecule has 0 fully saturated rings. The highest BCUT2D eigenvalue weighted by Crippen LogP contribution is 2.25. The minimum Gasteiger partial charge on any atom is -0.480 e. The zero-order valence-corrected chi connectivity index (χ0v) is 18.8. The SMILES string of the molecule is COc1ncnc2c1sc(=NC(=Nc1ccccc1)c1ccccc1)n2Cc1ccccc1. The summed E-state index contributed by atoms with van der Waals surface area (Å²) in [5.41, 5.74) is 3.70. The van der Waals surface area contributed by atoms with Gasteiger partial charge >= 0.3 is 0 Å². The van der Waals surface area contributed by atoms with Gasteiger partial charge in [-0.15, -0.1) is 0 Å². The maximum Gasteiger partial charge on any atom is 0.236 e. The van der Waals surface area contributed by atoms with Gasteiger partial charge in [-0.05, 0) is 17.7 Å². The lowest BCUT2D eigenvalue weighted by atomic mass is 10.2. The zero-order chi connectivity index (χ0) is 22.5. The van der Waals surface area contributed by atoms with Crippen LogP contribution in [-0.4, -0.2) is 27.5 Å². The van der Waals surface area contributed by atoms with Crippen LogP contribution < -0.4 is 9.54 Å². The van der Waals surface area contributed by atoms with Gasteiger partial charge in [0.25, 0.3) is 0 Å². The van der Waals surface area contributed by atoms with Crippen molar-refractivity contribution < 1.29 is 4.74 Å². The molecule has 5 aromatic rings. The maximum atomic E-state index is 5.51. The van der Waals surface area contributed by atoms with E-state index >= 15 is 0 Å². The van der Waals surface area contributed by atoms with Gasteiger partial charge < -0.3 is 4.74 Å². The Bertz CT molecular complexity index is 1460. The van der Waals surface area contributed by atoms with Crippen LogP contribution in [0.25, 0.3) is 10.3 Å². The lowest BCUT2D eigenvalue weighted by Gasteiger charge is -2.06. The fourth-order valence-corrected chi connectivity index (χ4v) is 4.51. The van der Waals surface area contributed by atoms with Gasteiger partial charge in [-0.1, -0.05) is 90.2 Å². The van der Waals surface area contributed by atoms with Crippen molar-refractivity contribution in [2.24, 2.45) is 9.98 Å². The molecule has 33 heavy (non-hydrogen) atoms. The molecule has 0 aliphatic heterocycles. The van der Waals surface area contributed by atoms with Gasteiger partial charge in [0, 0.05) is 5.56 Å². The molecule has 0 bridgehead atoms. The number of ether oxygens (including phenoxy) is 1. The van der Waals surface area contributed by atoms with E-state index < -0.39 is 0 Å². The third-order valence-electron chi connectivity index (χ3n) is 5.03. The fourth-order valence-electron chi connectivity index (χ4n) is 3.46. The first-order valence-electron chi connectivity index (χ1n) is 10.5. The van der Waals surface area contributed by atoms with Crippen LogP contribution in [0.4, 0.5) is 5.69 Å². The Labute approximate surface area is 195 Å². The Morgan fingerprint density at radius 1 is 0.879 bits per heavy atom. The highest BCUT2D eigenvalue weighted by molar-refractivity contribution is 7.16. The minimum atomic E-state index is 0.537. The van der Waals surface area contributed by atoms with Gasteiger partial charge in [-0.3, -0.25) is 4.57 Å². The molecule has 0 aliphatic carbocycles. The fraction of sp³-hybridized carbons (Fsp3) is 0.0769. The Morgan fingerprint density at radius 3 is 2.24 bits per heavy atom. The number of benzene rings is 3. The van der Waals surface area contributed by atoms with E-state index in [1.165, 1.54) is 17.7 Å². The van der Waals surface area contributed by atoms with Crippen LogP contribution in [-0.2, 0) is 6.54 Å². The first-order valence-corrected chi connectivity index (χ1v) is 11.3. The van der Waals surface area contributed by atoms with Crippen molar-refractivity contribution in [2.45, 2.75) is 6.54 Å². The normalized spacial score (nSPS) is 12.3. The van der Waals surface area contributed by atoms with E-state index in [1.54, 1.807) is 7.11 Å². The number of thiazole rings is 1. The molecule has 0 unspecified atom stereocenters. The molecule has 7 heteroatoms. The van der Waals surface area contributed by atoms with Crippen molar-refractivity contribution in [3.8, 4) is 5.88 Å². The van der Waals surface area contributed by atoms with Crippen molar-refractivity contribution in [3.63, 3.8) is 0 Å². The van der Waals surface area contributed by atoms with Gasteiger partial charge in [0.2, 0.25) is 5.88 Å². The Hall–Kier alpha value is -4.10. The monoisotopic (exact) mass is 451 g/mol. The first-order chi connectivity index (χ1) is 16.3. The van der Waals surface area contributed by atoms with E-state index in [0.717, 1.165) is 32.0 Å². The summed E-state index contributed by atoms with van der Waals surface area (Å²) in [7, 11) is 1.62. The summed E-state index contributed by atoms with van der Waals surface area (Å²) in [5, 5.41) is 0. The third kappa shape index (κ3) is 4.58. The number of methoxy groups -OCH3 is 1. The van der Waals surface area contributed by atoms with E-state index in [2.05, 4.69) is 26.7 Å². The van der Waals surface area contributed by atoms with Crippen LogP contribution in [0.15, 0.2) is 107 Å². The van der Waals surface area contributed by atoms with Crippen molar-refractivity contribution in [3.05, 3.63) is 113 Å². The molecule has 0 N–H and O–H groups in total. The largest absolute Gasteiger partial charge is 0.480 e. The molecule has 0 saturated heterocycles. The summed E-state index contributed by atoms with van der Waals surface area (Å²) in [6.07, 6.45) is 1.52. The second-order valence-electron chi connectivity index (χ2n) is 7.24. The molecule has 0 saturated carbocycles. The molecule has 3 aromatic carbocycles. The molecule has 0 atom stereocenters. The Balaban J connectivity index is 1.75. The molecule has 6 nitrogen and oxygen atoms in total. The summed E-state index contributed by atoms with van der Waals surface area (Å²) in [5.74, 6) is 1.16. The van der Waals surface area contributed by atoms with Crippen molar-refractivity contribution in [1.82, 2.24) is 14.5 Å². The highest BCUT2D eigenvalue weighted by atomic mass is 32.1. The molecule has 2 heterocycles. The van der Waals surface area contributed by atoms with Crippen LogP contribution in [0.2, 0.25) is 0 Å². The molecular weight excluding hydrogens is 430 g/mol. The van der Waals surface area contributed by atoms with Crippen molar-refractivity contribution in [1.29, 1.82) is 0 Å². The number of amidine groups is 1. The smallest absolute Gasteiger partial charge is 0.236 e. The lowest BCUT2D eigenvalue weighted by Crippen LogP contribution is -2.18. The summed E-state index contributed by atoms with van der Waals surface area (Å²) >= 11 is 1.49. The lowest BCUT2D eigenvalue weighted by molar-refractivity contribution is 0.403. The second kappa shape index (κ2) is 9.58. The van der Waals surface area contributed by atoms with Crippen LogP contribution in [0.1, 0.15) is 11.1 Å². The molecule has 162 valence electrons. The molecule has 0 amide bonds. The number of aromatic nitrogens is 3. The highest BCUT2D eigenvalue weighted by Gasteiger charge is 2.14. The Kier molecular flexibility index (Phi) is 6.04. The van der Waals surface area contributed by atoms with Gasteiger partial charge in [-0.2, -0.15) is 0 Å². The van der Waals surface area contributed by atoms with Gasteiger partial charge in [0.1, 0.15) is 11.0 Å². The topological polar surface area (TPSA) is 64.7 Å². The predicted molar refractivity (Wildman–Crippen MR) is 132 cm³/mol. The van der Waals surface area contributed by atoms with Crippen LogP contribution >= 0.6 is 11.3 Å². The number of aliphatic imine (C=N–C) groups is 1. The number of fused-ring (bicyclic) bond motifs is 1. The summed E-state index contributed by atoms with van der Waals surface area (Å²) in [4.78, 5) is 19.5. The molecule has 2 aromatic heterocycles. The molecule has 0 aliphatic rings. The average Bonchev–Trinajstić information content (AvgIpc) is 3.22. The van der Waals surface area contributed by atoms with Crippen LogP contribution in [0.3, 0.4) is 0 Å². The summed E-state index contributed by atoms with van der Waals surface area (Å²) in [6.45, 7) is 0.618. The van der Waals surface area contributed by atoms with Gasteiger partial charge in [0.05, 0.1) is 19.3 Å². The number of hydrogen-bond donors (Lipinski definition) is 0. The maximum absolute atomic E-state index is 5.51. The minimum absolute atomic E-state index is 0.537. The number of para-hydroxylation sites is 1. The second-order valence-corrected chi connectivity index (χ2v) is 8.22. The summed E-state index contributed by atoms with van der Waals surface area (Å²) < 4.78 is 8.44. The van der Waals surface area contributed by atoms with Crippen molar-refractivity contribution in [2.75, 3.05) is 7.11 Å². The quantitative estimate of drug-likeness (QED) is 0.272. The van der Waals surface area contributed by atoms with E-state index in [4.69, 9.17) is 14.7 Å². The van der Waals surface area contributed by atoms with E-state index in [-0.39, 0.29) is 0 Å². The van der Waals surface area contributed by atoms with E-state index in [9.17, 15) is 0 Å². The van der Waals surface area contributed by atoms with Gasteiger partial charge in [-0.25, -0.2) is 20.0 Å². The Morgan fingerprint density at radius 2 is 1.55 bits per heavy atom. The van der Waals surface area contributed by atoms with Crippen molar-refractivity contribution >= 4 is 33.2 Å². The molecule has 0 spiro atoms. The van der Waals surface area contributed by atoms with Crippen LogP contribution in [0, 0.1) is 0 Å². The van der Waals surface area contributed by atoms with Gasteiger partial charge in [0.15, 0.2) is 16.3 Å². The summed E-state index contributed by atoms with van der Waals surface area (Å²) in [6, 6.07) is 30.1. The first kappa shape index (κ1) is 20.8. The standard InChI is InChI=1S/C26H21N5OS/c1-32-25-22-24(27-18-28-25)31(17-19-11-5-2-6-12-19)26(33-22)30-23(20-13-7-3-8-14-20)29-21-15-9-4-10-16-21/h2-16,18H,17H2,1H3. The van der Waals surface area contributed by atoms with Crippen LogP contribution in [0.5, 0.6) is 5.88 Å². The number of rotatable bonds is 5. The van der Waals surface area contributed by atoms with E-state index in [0.29, 0.717) is 18.3 Å². The zero-order valence-electron chi connectivity index (χ0n) is 18.0. The molecule has 0 radical (unpaired) electrons. The molecule has 5 rings (SSSR count). The number of nitrogens with zero attached hydrogens (tertiary/aromatic N) is 5. The average molecular weight is 452 g/mol. The number of hydrogen-bond acceptors (Lipinski definition) is 5. The van der Waals surface area contributed by atoms with E-state index in [1.807, 2.05) is 78.9 Å². The molecular formula is C26H21N5OS. The third-order valence-corrected chi connectivity index (χ3v) is 6.09. The predicted octanol–water partition coefficient (Wildman–Crippen LogP) is 5.23.